The molecule has 10 rings (SSSR count). The average molecular weight is 603 g/mol. The van der Waals surface area contributed by atoms with E-state index in [1.54, 1.807) is 0 Å². The second kappa shape index (κ2) is 10.2. The summed E-state index contributed by atoms with van der Waals surface area (Å²) in [6.45, 7) is 0. The van der Waals surface area contributed by atoms with Crippen molar-refractivity contribution in [2.75, 3.05) is 0 Å². The van der Waals surface area contributed by atoms with E-state index in [1.807, 2.05) is 91.0 Å². The van der Waals surface area contributed by atoms with E-state index in [9.17, 15) is 2.74 Å². The Balaban J connectivity index is 1.38. The van der Waals surface area contributed by atoms with E-state index in [0.29, 0.717) is 22.3 Å². The van der Waals surface area contributed by atoms with Crippen molar-refractivity contribution in [1.82, 2.24) is 0 Å². The summed E-state index contributed by atoms with van der Waals surface area (Å²) in [4.78, 5) is 0. The molecule has 0 bridgehead atoms. The van der Waals surface area contributed by atoms with Crippen LogP contribution in [-0.4, -0.2) is 0 Å². The average Bonchev–Trinajstić information content (AvgIpc) is 3.56. The van der Waals surface area contributed by atoms with Gasteiger partial charge in [-0.25, -0.2) is 0 Å². The molecule has 0 saturated heterocycles. The third kappa shape index (κ3) is 3.97. The predicted molar refractivity (Wildman–Crippen MR) is 200 cm³/mol. The van der Waals surface area contributed by atoms with Crippen LogP contribution in [0.4, 0.5) is 0 Å². The van der Waals surface area contributed by atoms with Crippen molar-refractivity contribution < 1.29 is 12.6 Å². The highest BCUT2D eigenvalue weighted by Gasteiger charge is 2.21. The molecule has 0 aliphatic carbocycles. The Morgan fingerprint density at radius 3 is 1.79 bits per heavy atom. The number of rotatable bonds is 3. The van der Waals surface area contributed by atoms with Crippen molar-refractivity contribution in [1.29, 1.82) is 0 Å². The summed E-state index contributed by atoms with van der Waals surface area (Å²) in [5.74, 6) is 0. The van der Waals surface area contributed by atoms with Crippen LogP contribution in [-0.2, 0) is 0 Å². The Morgan fingerprint density at radius 1 is 0.404 bits per heavy atom. The van der Waals surface area contributed by atoms with Crippen molar-refractivity contribution in [2.24, 2.45) is 0 Å². The van der Waals surface area contributed by atoms with Gasteiger partial charge in [-0.2, -0.15) is 0 Å². The molecule has 218 valence electrons. The summed E-state index contributed by atoms with van der Waals surface area (Å²) in [5, 5.41) is 8.05. The van der Waals surface area contributed by atoms with Gasteiger partial charge in [-0.15, -0.1) is 0 Å². The lowest BCUT2D eigenvalue weighted by Gasteiger charge is -2.19. The summed E-state index contributed by atoms with van der Waals surface area (Å²) in [7, 11) is 0. The molecule has 10 aromatic rings. The van der Waals surface area contributed by atoms with E-state index < -0.39 is 6.04 Å². The fourth-order valence-corrected chi connectivity index (χ4v) is 7.29. The lowest BCUT2D eigenvalue weighted by atomic mass is 9.83. The highest BCUT2D eigenvalue weighted by atomic mass is 16.3. The van der Waals surface area contributed by atoms with Crippen LogP contribution < -0.4 is 0 Å². The minimum Gasteiger partial charge on any atom is -0.456 e. The molecule has 0 atom stereocenters. The molecular formula is C46H28O. The van der Waals surface area contributed by atoms with Crippen molar-refractivity contribution in [3.8, 4) is 33.4 Å². The molecule has 1 nitrogen and oxygen atoms in total. The van der Waals surface area contributed by atoms with Crippen LogP contribution >= 0.6 is 0 Å². The third-order valence-electron chi connectivity index (χ3n) is 9.31. The summed E-state index contributed by atoms with van der Waals surface area (Å²) in [6, 6.07) is 42.7. The smallest absolute Gasteiger partial charge is 0.136 e. The zero-order valence-electron chi connectivity index (χ0n) is 31.1. The minimum absolute atomic E-state index is 0.0385. The largest absolute Gasteiger partial charge is 0.456 e. The standard InChI is InChI=1S/C46H28O/c1-2-13-29(14-3-1)40-27-33(25-32-17-6-7-18-34(32)40)44-35-19-8-10-21-37(35)45(38-22-11-9-20-36(38)44)39-23-12-24-42-46(39)41-26-30-15-4-5-16-31(30)28-43(41)47-42/h1-28H/i6D,7D,17D,18D,25D,27D. The molecule has 0 unspecified atom stereocenters. The van der Waals surface area contributed by atoms with Crippen LogP contribution in [0, 0.1) is 0 Å². The van der Waals surface area contributed by atoms with Gasteiger partial charge in [0.15, 0.2) is 0 Å². The van der Waals surface area contributed by atoms with Crippen LogP contribution in [0.15, 0.2) is 174 Å². The molecule has 0 aliphatic heterocycles. The van der Waals surface area contributed by atoms with E-state index in [0.717, 1.165) is 65.4 Å². The Bertz CT molecular complexity index is 3130. The highest BCUT2D eigenvalue weighted by Crippen LogP contribution is 2.48. The Kier molecular flexibility index (Phi) is 4.49. The summed E-state index contributed by atoms with van der Waals surface area (Å²) in [5.41, 5.74) is 5.61. The highest BCUT2D eigenvalue weighted by molar-refractivity contribution is 6.26. The summed E-state index contributed by atoms with van der Waals surface area (Å²) in [6.07, 6.45) is 0. The Morgan fingerprint density at radius 2 is 1.04 bits per heavy atom. The molecule has 1 aromatic heterocycles. The first-order chi connectivity index (χ1) is 25.8. The molecule has 0 fully saturated rings. The molecule has 9 aromatic carbocycles. The van der Waals surface area contributed by atoms with Crippen LogP contribution in [0.1, 0.15) is 8.22 Å². The molecule has 1 heterocycles. The molecule has 0 N–H and O–H groups in total. The fourth-order valence-electron chi connectivity index (χ4n) is 7.29. The number of hydrogen-bond acceptors (Lipinski definition) is 1. The Labute approximate surface area is 280 Å². The van der Waals surface area contributed by atoms with Gasteiger partial charge in [0.1, 0.15) is 11.2 Å². The zero-order chi connectivity index (χ0) is 36.1. The van der Waals surface area contributed by atoms with Gasteiger partial charge in [-0.05, 0) is 107 Å². The second-order valence-electron chi connectivity index (χ2n) is 11.9. The van der Waals surface area contributed by atoms with Gasteiger partial charge in [0.25, 0.3) is 0 Å². The zero-order valence-corrected chi connectivity index (χ0v) is 25.1. The number of hydrogen-bond donors (Lipinski definition) is 0. The molecule has 0 radical (unpaired) electrons. The van der Waals surface area contributed by atoms with Crippen LogP contribution in [0.5, 0.6) is 0 Å². The molecule has 1 heteroatoms. The first kappa shape index (κ1) is 20.8. The van der Waals surface area contributed by atoms with Gasteiger partial charge in [0, 0.05) is 10.8 Å². The van der Waals surface area contributed by atoms with Crippen LogP contribution in [0.25, 0.3) is 98.4 Å². The lowest BCUT2D eigenvalue weighted by molar-refractivity contribution is 0.669. The predicted octanol–water partition coefficient (Wildman–Crippen LogP) is 13.2. The normalized spacial score (nSPS) is 13.6. The minimum atomic E-state index is -0.406. The van der Waals surface area contributed by atoms with E-state index >= 15 is 0 Å². The maximum absolute atomic E-state index is 9.86. The number of fused-ring (bicyclic) bond motifs is 7. The van der Waals surface area contributed by atoms with Crippen molar-refractivity contribution in [3.05, 3.63) is 170 Å². The molecule has 0 aliphatic rings. The number of benzene rings is 9. The molecule has 0 saturated carbocycles. The van der Waals surface area contributed by atoms with E-state index in [-0.39, 0.29) is 41.0 Å². The van der Waals surface area contributed by atoms with E-state index in [4.69, 9.17) is 9.90 Å². The molecule has 0 amide bonds. The third-order valence-corrected chi connectivity index (χ3v) is 9.31. The van der Waals surface area contributed by atoms with Crippen molar-refractivity contribution in [2.45, 2.75) is 0 Å². The first-order valence-electron chi connectivity index (χ1n) is 18.7. The second-order valence-corrected chi connectivity index (χ2v) is 11.9. The molecular weight excluding hydrogens is 569 g/mol. The monoisotopic (exact) mass is 602 g/mol. The first-order valence-corrected chi connectivity index (χ1v) is 15.7. The number of furan rings is 1. The molecule has 0 spiro atoms. The van der Waals surface area contributed by atoms with E-state index in [2.05, 4.69) is 42.5 Å². The maximum atomic E-state index is 9.86. The van der Waals surface area contributed by atoms with Gasteiger partial charge in [0.05, 0.1) is 8.22 Å². The van der Waals surface area contributed by atoms with Gasteiger partial charge in [0.2, 0.25) is 0 Å². The summed E-state index contributed by atoms with van der Waals surface area (Å²) >= 11 is 0. The lowest BCUT2D eigenvalue weighted by Crippen LogP contribution is -1.92. The summed E-state index contributed by atoms with van der Waals surface area (Å²) < 4.78 is 61.1. The van der Waals surface area contributed by atoms with Gasteiger partial charge in [-0.1, -0.05) is 139 Å². The van der Waals surface area contributed by atoms with Gasteiger partial charge >= 0.3 is 0 Å². The van der Waals surface area contributed by atoms with Crippen LogP contribution in [0.2, 0.25) is 0 Å². The van der Waals surface area contributed by atoms with Crippen LogP contribution in [0.3, 0.4) is 0 Å². The van der Waals surface area contributed by atoms with Crippen molar-refractivity contribution >= 4 is 65.0 Å². The Hall–Kier alpha value is -6.18. The SMILES string of the molecule is [2H]c1c([2H])c([2H])c2c(-c3ccccc3)c([2H])c(-c3c4ccccc4c(-c4cccc5oc6cc7ccccc7cc6c45)c4ccccc34)c([2H])c2c1[2H]. The quantitative estimate of drug-likeness (QED) is 0.183. The molecule has 47 heavy (non-hydrogen) atoms. The fraction of sp³-hybridized carbons (Fsp3) is 0. The van der Waals surface area contributed by atoms with Gasteiger partial charge in [-0.3, -0.25) is 0 Å². The van der Waals surface area contributed by atoms with Crippen molar-refractivity contribution in [3.63, 3.8) is 0 Å². The van der Waals surface area contributed by atoms with E-state index in [1.165, 1.54) is 0 Å². The maximum Gasteiger partial charge on any atom is 0.136 e. The topological polar surface area (TPSA) is 13.1 Å². The van der Waals surface area contributed by atoms with Gasteiger partial charge < -0.3 is 4.42 Å².